The highest BCUT2D eigenvalue weighted by Crippen LogP contribution is 2.19. The lowest BCUT2D eigenvalue weighted by atomic mass is 10.3. The van der Waals surface area contributed by atoms with Gasteiger partial charge in [-0.05, 0) is 19.1 Å². The highest BCUT2D eigenvalue weighted by molar-refractivity contribution is 6.04. The van der Waals surface area contributed by atoms with E-state index in [-0.39, 0.29) is 25.7 Å². The smallest absolute Gasteiger partial charge is 0.315 e. The number of rotatable bonds is 5. The van der Waals surface area contributed by atoms with Gasteiger partial charge in [-0.15, -0.1) is 0 Å². The summed E-state index contributed by atoms with van der Waals surface area (Å²) in [6, 6.07) is 8.71. The van der Waals surface area contributed by atoms with E-state index < -0.39 is 18.3 Å². The summed E-state index contributed by atoms with van der Waals surface area (Å²) in [4.78, 5) is 36.0. The van der Waals surface area contributed by atoms with Crippen LogP contribution in [0.4, 0.5) is 5.69 Å². The molecule has 0 aromatic heterocycles. The lowest BCUT2D eigenvalue weighted by Gasteiger charge is -2.36. The topological polar surface area (TPSA) is 76.2 Å². The second kappa shape index (κ2) is 7.56. The number of benzene rings is 1. The largest absolute Gasteiger partial charge is 0.466 e. The first-order chi connectivity index (χ1) is 10.6. The van der Waals surface area contributed by atoms with Crippen LogP contribution in [0, 0.1) is 0 Å². The van der Waals surface area contributed by atoms with Gasteiger partial charge in [-0.3, -0.25) is 14.4 Å². The predicted octanol–water partition coefficient (Wildman–Crippen LogP) is 0.747. The van der Waals surface area contributed by atoms with Crippen LogP contribution >= 0.6 is 0 Å². The number of amides is 2. The van der Waals surface area contributed by atoms with Crippen molar-refractivity contribution in [2.24, 2.45) is 0 Å². The summed E-state index contributed by atoms with van der Waals surface area (Å²) >= 11 is 0. The van der Waals surface area contributed by atoms with Crippen molar-refractivity contribution in [3.63, 3.8) is 0 Å². The average Bonchev–Trinajstić information content (AvgIpc) is 2.51. The average molecular weight is 306 g/mol. The molecule has 7 heteroatoms. The van der Waals surface area contributed by atoms with Gasteiger partial charge in [-0.1, -0.05) is 18.2 Å². The third kappa shape index (κ3) is 3.82. The Hall–Kier alpha value is -2.41. The van der Waals surface area contributed by atoms with Gasteiger partial charge < -0.3 is 9.47 Å². The Labute approximate surface area is 128 Å². The number of hydrazine groups is 1. The van der Waals surface area contributed by atoms with Gasteiger partial charge in [-0.25, -0.2) is 10.0 Å². The van der Waals surface area contributed by atoms with Gasteiger partial charge in [0, 0.05) is 0 Å². The predicted molar refractivity (Wildman–Crippen MR) is 77.7 cm³/mol. The molecule has 22 heavy (non-hydrogen) atoms. The van der Waals surface area contributed by atoms with Crippen LogP contribution in [-0.2, 0) is 23.9 Å². The molecule has 0 spiro atoms. The first-order valence-electron chi connectivity index (χ1n) is 7.05. The van der Waals surface area contributed by atoms with E-state index in [9.17, 15) is 14.4 Å². The number of esters is 1. The molecular weight excluding hydrogens is 288 g/mol. The zero-order chi connectivity index (χ0) is 15.9. The molecule has 0 aliphatic carbocycles. The highest BCUT2D eigenvalue weighted by atomic mass is 16.5. The molecule has 118 valence electrons. The molecule has 1 aliphatic rings. The fourth-order valence-corrected chi connectivity index (χ4v) is 2.12. The van der Waals surface area contributed by atoms with E-state index in [1.165, 1.54) is 10.0 Å². The first-order valence-corrected chi connectivity index (χ1v) is 7.05. The molecule has 1 saturated heterocycles. The summed E-state index contributed by atoms with van der Waals surface area (Å²) in [6.45, 7) is 2.37. The van der Waals surface area contributed by atoms with Crippen molar-refractivity contribution in [3.8, 4) is 0 Å². The molecule has 1 aliphatic heterocycles. The standard InChI is InChI=1S/C15H18N2O5/c1-2-22-15(20)10-13(18)17(12-6-4-3-5-7-12)16-8-9-21-11-14(16)19/h3-7H,2,8-11H2,1H3. The number of ether oxygens (including phenoxy) is 2. The lowest BCUT2D eigenvalue weighted by molar-refractivity contribution is -0.151. The monoisotopic (exact) mass is 306 g/mol. The fraction of sp³-hybridized carbons (Fsp3) is 0.400. The van der Waals surface area contributed by atoms with Crippen LogP contribution in [0.5, 0.6) is 0 Å². The second-order valence-corrected chi connectivity index (χ2v) is 4.59. The summed E-state index contributed by atoms with van der Waals surface area (Å²) in [7, 11) is 0. The van der Waals surface area contributed by atoms with Gasteiger partial charge in [0.2, 0.25) is 0 Å². The van der Waals surface area contributed by atoms with Crippen molar-refractivity contribution in [1.29, 1.82) is 0 Å². The number of para-hydroxylation sites is 1. The maximum atomic E-state index is 12.5. The normalized spacial score (nSPS) is 14.6. The molecule has 0 radical (unpaired) electrons. The van der Waals surface area contributed by atoms with E-state index in [1.807, 2.05) is 0 Å². The Morgan fingerprint density at radius 2 is 2.05 bits per heavy atom. The molecule has 0 atom stereocenters. The van der Waals surface area contributed by atoms with Gasteiger partial charge in [0.05, 0.1) is 25.4 Å². The van der Waals surface area contributed by atoms with Crippen LogP contribution in [0.3, 0.4) is 0 Å². The molecule has 0 saturated carbocycles. The van der Waals surface area contributed by atoms with Gasteiger partial charge in [0.25, 0.3) is 11.8 Å². The van der Waals surface area contributed by atoms with Gasteiger partial charge in [-0.2, -0.15) is 0 Å². The number of nitrogens with zero attached hydrogens (tertiary/aromatic N) is 2. The molecule has 1 aromatic carbocycles. The van der Waals surface area contributed by atoms with Crippen LogP contribution in [-0.4, -0.2) is 49.2 Å². The lowest BCUT2D eigenvalue weighted by Crippen LogP contribution is -2.55. The van der Waals surface area contributed by atoms with Crippen molar-refractivity contribution in [2.75, 3.05) is 31.4 Å². The summed E-state index contributed by atoms with van der Waals surface area (Å²) in [6.07, 6.45) is -0.423. The quantitative estimate of drug-likeness (QED) is 0.592. The van der Waals surface area contributed by atoms with Gasteiger partial charge >= 0.3 is 5.97 Å². The van der Waals surface area contributed by atoms with E-state index in [0.29, 0.717) is 12.3 Å². The molecule has 2 rings (SSSR count). The first kappa shape index (κ1) is 16.0. The van der Waals surface area contributed by atoms with Crippen molar-refractivity contribution in [1.82, 2.24) is 5.01 Å². The maximum absolute atomic E-state index is 12.5. The number of hydrogen-bond donors (Lipinski definition) is 0. The number of morpholine rings is 1. The van der Waals surface area contributed by atoms with Crippen LogP contribution in [0.1, 0.15) is 13.3 Å². The van der Waals surface area contributed by atoms with Crippen molar-refractivity contribution in [3.05, 3.63) is 30.3 Å². The van der Waals surface area contributed by atoms with E-state index >= 15 is 0 Å². The number of carbonyl (C=O) groups is 3. The Morgan fingerprint density at radius 3 is 2.68 bits per heavy atom. The van der Waals surface area contributed by atoms with E-state index in [1.54, 1.807) is 37.3 Å². The van der Waals surface area contributed by atoms with Crippen LogP contribution in [0.15, 0.2) is 30.3 Å². The van der Waals surface area contributed by atoms with Crippen molar-refractivity contribution >= 4 is 23.5 Å². The molecule has 0 bridgehead atoms. The molecule has 2 amide bonds. The van der Waals surface area contributed by atoms with Gasteiger partial charge in [0.1, 0.15) is 13.0 Å². The number of carbonyl (C=O) groups excluding carboxylic acids is 3. The Morgan fingerprint density at radius 1 is 1.32 bits per heavy atom. The minimum Gasteiger partial charge on any atom is -0.466 e. The zero-order valence-corrected chi connectivity index (χ0v) is 12.4. The van der Waals surface area contributed by atoms with Crippen LogP contribution < -0.4 is 5.01 Å². The van der Waals surface area contributed by atoms with Crippen LogP contribution in [0.25, 0.3) is 0 Å². The third-order valence-corrected chi connectivity index (χ3v) is 3.04. The molecule has 1 heterocycles. The minimum atomic E-state index is -0.617. The van der Waals surface area contributed by atoms with Crippen LogP contribution in [0.2, 0.25) is 0 Å². The third-order valence-electron chi connectivity index (χ3n) is 3.04. The Kier molecular flexibility index (Phi) is 5.48. The Bertz CT molecular complexity index is 546. The SMILES string of the molecule is CCOC(=O)CC(=O)N(c1ccccc1)N1CCOCC1=O. The van der Waals surface area contributed by atoms with Crippen molar-refractivity contribution < 1.29 is 23.9 Å². The number of anilines is 1. The zero-order valence-electron chi connectivity index (χ0n) is 12.4. The van der Waals surface area contributed by atoms with Crippen molar-refractivity contribution in [2.45, 2.75) is 13.3 Å². The maximum Gasteiger partial charge on any atom is 0.315 e. The summed E-state index contributed by atoms with van der Waals surface area (Å²) in [5, 5.41) is 2.53. The van der Waals surface area contributed by atoms with E-state index in [0.717, 1.165) is 0 Å². The molecular formula is C15H18N2O5. The summed E-state index contributed by atoms with van der Waals surface area (Å²) in [5.41, 5.74) is 0.520. The molecule has 0 N–H and O–H groups in total. The highest BCUT2D eigenvalue weighted by Gasteiger charge is 2.31. The summed E-state index contributed by atoms with van der Waals surface area (Å²) < 4.78 is 9.87. The van der Waals surface area contributed by atoms with E-state index in [2.05, 4.69) is 0 Å². The molecule has 0 unspecified atom stereocenters. The second-order valence-electron chi connectivity index (χ2n) is 4.59. The molecule has 7 nitrogen and oxygen atoms in total. The minimum absolute atomic E-state index is 0.0873. The molecule has 1 fully saturated rings. The fourth-order valence-electron chi connectivity index (χ4n) is 2.12. The number of hydrogen-bond acceptors (Lipinski definition) is 5. The van der Waals surface area contributed by atoms with E-state index in [4.69, 9.17) is 9.47 Å². The molecule has 1 aromatic rings. The summed E-state index contributed by atoms with van der Waals surface area (Å²) in [5.74, 6) is -1.46. The van der Waals surface area contributed by atoms with Gasteiger partial charge in [0.15, 0.2) is 0 Å². The Balaban J connectivity index is 2.23.